The second-order valence-electron chi connectivity index (χ2n) is 6.46. The fourth-order valence-electron chi connectivity index (χ4n) is 3.75. The molecule has 1 atom stereocenters. The molecular formula is C16H20N6O2. The maximum atomic E-state index is 12.5. The average molecular weight is 328 g/mol. The number of aryl methyl sites for hydroxylation is 1. The third-order valence-corrected chi connectivity index (χ3v) is 4.87. The SMILES string of the molecule is O=C(Cn1cncn1)N1CCC[C@H](c2cc(=O)nc3n2CCC3)C1. The van der Waals surface area contributed by atoms with Crippen LogP contribution < -0.4 is 5.56 Å². The zero-order chi connectivity index (χ0) is 16.5. The van der Waals surface area contributed by atoms with Crippen LogP contribution in [0.3, 0.4) is 0 Å². The van der Waals surface area contributed by atoms with E-state index >= 15 is 0 Å². The number of piperidine rings is 1. The van der Waals surface area contributed by atoms with E-state index in [9.17, 15) is 9.59 Å². The van der Waals surface area contributed by atoms with Gasteiger partial charge in [0.1, 0.15) is 25.0 Å². The third kappa shape index (κ3) is 2.83. The number of nitrogens with zero attached hydrogens (tertiary/aromatic N) is 6. The molecule has 0 spiro atoms. The second-order valence-corrected chi connectivity index (χ2v) is 6.46. The second kappa shape index (κ2) is 6.18. The molecule has 0 saturated carbocycles. The molecule has 2 aromatic rings. The fourth-order valence-corrected chi connectivity index (χ4v) is 3.75. The molecule has 2 aliphatic heterocycles. The topological polar surface area (TPSA) is 85.9 Å². The van der Waals surface area contributed by atoms with Gasteiger partial charge in [-0.2, -0.15) is 10.1 Å². The van der Waals surface area contributed by atoms with E-state index < -0.39 is 0 Å². The van der Waals surface area contributed by atoms with Gasteiger partial charge in [0.25, 0.3) is 5.56 Å². The highest BCUT2D eigenvalue weighted by molar-refractivity contribution is 5.76. The van der Waals surface area contributed by atoms with E-state index in [4.69, 9.17) is 0 Å². The first-order valence-corrected chi connectivity index (χ1v) is 8.41. The number of carbonyl (C=O) groups excluding carboxylic acids is 1. The Kier molecular flexibility index (Phi) is 3.87. The predicted octanol–water partition coefficient (Wildman–Crippen LogP) is 0.187. The molecule has 126 valence electrons. The normalized spacial score (nSPS) is 20.2. The van der Waals surface area contributed by atoms with Crippen LogP contribution in [0.15, 0.2) is 23.5 Å². The Labute approximate surface area is 139 Å². The smallest absolute Gasteiger partial charge is 0.273 e. The van der Waals surface area contributed by atoms with E-state index in [0.717, 1.165) is 50.3 Å². The molecule has 0 radical (unpaired) electrons. The molecule has 0 aliphatic carbocycles. The minimum absolute atomic E-state index is 0.0447. The summed E-state index contributed by atoms with van der Waals surface area (Å²) in [4.78, 5) is 34.3. The highest BCUT2D eigenvalue weighted by Crippen LogP contribution is 2.28. The number of rotatable bonds is 3. The Hall–Kier alpha value is -2.51. The van der Waals surface area contributed by atoms with Crippen LogP contribution in [-0.4, -0.2) is 48.2 Å². The van der Waals surface area contributed by atoms with Crippen LogP contribution in [0.4, 0.5) is 0 Å². The van der Waals surface area contributed by atoms with Crippen LogP contribution in [0.25, 0.3) is 0 Å². The number of fused-ring (bicyclic) bond motifs is 1. The van der Waals surface area contributed by atoms with Gasteiger partial charge in [-0.05, 0) is 19.3 Å². The maximum absolute atomic E-state index is 12.5. The molecule has 1 fully saturated rings. The van der Waals surface area contributed by atoms with Crippen LogP contribution in [0, 0.1) is 0 Å². The number of hydrogen-bond acceptors (Lipinski definition) is 5. The molecule has 8 nitrogen and oxygen atoms in total. The molecule has 8 heteroatoms. The summed E-state index contributed by atoms with van der Waals surface area (Å²) in [6, 6.07) is 1.66. The van der Waals surface area contributed by atoms with Crippen LogP contribution in [0.5, 0.6) is 0 Å². The number of carbonyl (C=O) groups is 1. The van der Waals surface area contributed by atoms with Gasteiger partial charge in [-0.1, -0.05) is 0 Å². The van der Waals surface area contributed by atoms with Crippen molar-refractivity contribution in [2.75, 3.05) is 13.1 Å². The number of amides is 1. The molecule has 0 N–H and O–H groups in total. The van der Waals surface area contributed by atoms with E-state index in [0.29, 0.717) is 6.54 Å². The lowest BCUT2D eigenvalue weighted by molar-refractivity contribution is -0.133. The molecule has 24 heavy (non-hydrogen) atoms. The Balaban J connectivity index is 1.53. The van der Waals surface area contributed by atoms with Gasteiger partial charge in [-0.15, -0.1) is 0 Å². The predicted molar refractivity (Wildman–Crippen MR) is 85.4 cm³/mol. The molecule has 2 aromatic heterocycles. The first-order chi connectivity index (χ1) is 11.7. The van der Waals surface area contributed by atoms with Gasteiger partial charge in [0.15, 0.2) is 0 Å². The summed E-state index contributed by atoms with van der Waals surface area (Å²) in [5.41, 5.74) is 0.880. The van der Waals surface area contributed by atoms with Gasteiger partial charge >= 0.3 is 0 Å². The van der Waals surface area contributed by atoms with Gasteiger partial charge in [-0.25, -0.2) is 9.67 Å². The van der Waals surface area contributed by atoms with Crippen molar-refractivity contribution >= 4 is 5.91 Å². The summed E-state index contributed by atoms with van der Waals surface area (Å²) in [6.45, 7) is 2.53. The van der Waals surface area contributed by atoms with Gasteiger partial charge in [-0.3, -0.25) is 9.59 Å². The first kappa shape index (κ1) is 15.0. The van der Waals surface area contributed by atoms with E-state index in [1.165, 1.54) is 6.33 Å². The van der Waals surface area contributed by atoms with Crippen molar-refractivity contribution in [2.45, 2.75) is 44.7 Å². The number of aromatic nitrogens is 5. The highest BCUT2D eigenvalue weighted by Gasteiger charge is 2.28. The Morgan fingerprint density at radius 2 is 2.21 bits per heavy atom. The zero-order valence-corrected chi connectivity index (χ0v) is 13.5. The van der Waals surface area contributed by atoms with Crippen molar-refractivity contribution in [3.63, 3.8) is 0 Å². The first-order valence-electron chi connectivity index (χ1n) is 8.41. The number of likely N-dealkylation sites (tertiary alicyclic amines) is 1. The Morgan fingerprint density at radius 3 is 3.04 bits per heavy atom. The van der Waals surface area contributed by atoms with Crippen LogP contribution in [0.1, 0.15) is 36.7 Å². The largest absolute Gasteiger partial charge is 0.340 e. The standard InChI is InChI=1S/C16H20N6O2/c23-15-7-13(22-6-2-4-14(22)19-15)12-3-1-5-20(8-12)16(24)9-21-11-17-10-18-21/h7,10-12H,1-6,8-9H2/t12-/m0/s1. The summed E-state index contributed by atoms with van der Waals surface area (Å²) in [7, 11) is 0. The van der Waals surface area contributed by atoms with Crippen molar-refractivity contribution in [3.8, 4) is 0 Å². The quantitative estimate of drug-likeness (QED) is 0.803. The van der Waals surface area contributed by atoms with E-state index in [1.807, 2.05) is 4.90 Å². The molecule has 2 aliphatic rings. The van der Waals surface area contributed by atoms with E-state index in [2.05, 4.69) is 19.6 Å². The van der Waals surface area contributed by atoms with Crippen LogP contribution >= 0.6 is 0 Å². The summed E-state index contributed by atoms with van der Waals surface area (Å²) < 4.78 is 3.72. The molecule has 1 amide bonds. The monoisotopic (exact) mass is 328 g/mol. The molecular weight excluding hydrogens is 308 g/mol. The number of hydrogen-bond donors (Lipinski definition) is 0. The van der Waals surface area contributed by atoms with Crippen LogP contribution in [0.2, 0.25) is 0 Å². The lowest BCUT2D eigenvalue weighted by Gasteiger charge is -2.34. The summed E-state index contributed by atoms with van der Waals surface area (Å²) in [5, 5.41) is 3.99. The summed E-state index contributed by atoms with van der Waals surface area (Å²) >= 11 is 0. The Morgan fingerprint density at radius 1 is 1.29 bits per heavy atom. The van der Waals surface area contributed by atoms with Gasteiger partial charge in [0.05, 0.1) is 0 Å². The third-order valence-electron chi connectivity index (χ3n) is 4.87. The van der Waals surface area contributed by atoms with E-state index in [1.54, 1.807) is 17.1 Å². The van der Waals surface area contributed by atoms with Gasteiger partial charge in [0, 0.05) is 43.7 Å². The minimum atomic E-state index is -0.163. The van der Waals surface area contributed by atoms with Crippen molar-refractivity contribution in [1.29, 1.82) is 0 Å². The van der Waals surface area contributed by atoms with Crippen molar-refractivity contribution in [1.82, 2.24) is 29.2 Å². The van der Waals surface area contributed by atoms with Crippen molar-refractivity contribution < 1.29 is 4.79 Å². The maximum Gasteiger partial charge on any atom is 0.273 e. The lowest BCUT2D eigenvalue weighted by atomic mass is 9.94. The van der Waals surface area contributed by atoms with Gasteiger partial charge < -0.3 is 9.47 Å². The fraction of sp³-hybridized carbons (Fsp3) is 0.562. The summed E-state index contributed by atoms with van der Waals surface area (Å²) in [6.07, 6.45) is 6.82. The molecule has 0 bridgehead atoms. The highest BCUT2D eigenvalue weighted by atomic mass is 16.2. The molecule has 4 heterocycles. The Bertz CT molecular complexity index is 797. The van der Waals surface area contributed by atoms with Crippen molar-refractivity contribution in [2.24, 2.45) is 0 Å². The zero-order valence-electron chi connectivity index (χ0n) is 13.5. The van der Waals surface area contributed by atoms with Crippen molar-refractivity contribution in [3.05, 3.63) is 40.6 Å². The molecule has 1 saturated heterocycles. The van der Waals surface area contributed by atoms with Crippen LogP contribution in [-0.2, 0) is 24.3 Å². The lowest BCUT2D eigenvalue weighted by Crippen LogP contribution is -2.41. The average Bonchev–Trinajstić information content (AvgIpc) is 3.25. The van der Waals surface area contributed by atoms with Gasteiger partial charge in [0.2, 0.25) is 5.91 Å². The van der Waals surface area contributed by atoms with E-state index in [-0.39, 0.29) is 23.9 Å². The summed E-state index contributed by atoms with van der Waals surface area (Å²) in [5.74, 6) is 1.14. The minimum Gasteiger partial charge on any atom is -0.340 e. The molecule has 4 rings (SSSR count). The molecule has 0 unspecified atom stereocenters. The molecule has 0 aromatic carbocycles.